The Morgan fingerprint density at radius 2 is 2.09 bits per heavy atom. The number of likely N-dealkylation sites (N-methyl/N-ethyl adjacent to an activating group) is 1. The molecule has 2 aromatic rings. The average Bonchev–Trinajstić information content (AvgIpc) is 2.99. The quantitative estimate of drug-likeness (QED) is 0.620. The summed E-state index contributed by atoms with van der Waals surface area (Å²) < 4.78 is 5.26. The Kier molecular flexibility index (Phi) is 4.90. The van der Waals surface area contributed by atoms with Crippen molar-refractivity contribution in [1.29, 1.82) is 0 Å². The summed E-state index contributed by atoms with van der Waals surface area (Å²) in [6.45, 7) is 2.32. The van der Waals surface area contributed by atoms with E-state index in [0.717, 1.165) is 10.7 Å². The van der Waals surface area contributed by atoms with Crippen molar-refractivity contribution in [3.05, 3.63) is 58.5 Å². The number of furan rings is 1. The summed E-state index contributed by atoms with van der Waals surface area (Å²) in [6.07, 6.45) is 1.58. The number of nitro groups is 1. The molecule has 0 fully saturated rings. The first kappa shape index (κ1) is 15.7. The molecule has 0 saturated carbocycles. The number of para-hydroxylation sites is 2. The topological polar surface area (TPSA) is 89.8 Å². The van der Waals surface area contributed by atoms with Crippen LogP contribution in [0.25, 0.3) is 0 Å². The molecular weight excluding hydrogens is 286 g/mol. The van der Waals surface area contributed by atoms with Gasteiger partial charge in [-0.25, -0.2) is 0 Å². The number of quaternary nitrogens is 1. The molecule has 1 amide bonds. The average molecular weight is 304 g/mol. The number of benzene rings is 1. The normalized spacial score (nSPS) is 13.4. The molecule has 1 aromatic heterocycles. The van der Waals surface area contributed by atoms with Gasteiger partial charge in [-0.2, -0.15) is 0 Å². The maximum absolute atomic E-state index is 12.3. The summed E-state index contributed by atoms with van der Waals surface area (Å²) in [5.74, 6) is 0.501. The van der Waals surface area contributed by atoms with Gasteiger partial charge in [0.05, 0.1) is 18.2 Å². The molecule has 7 nitrogen and oxygen atoms in total. The molecule has 0 saturated heterocycles. The zero-order valence-corrected chi connectivity index (χ0v) is 12.4. The Hall–Kier alpha value is -2.67. The summed E-state index contributed by atoms with van der Waals surface area (Å²) in [4.78, 5) is 23.6. The lowest BCUT2D eigenvalue weighted by Crippen LogP contribution is -3.12. The first-order chi connectivity index (χ1) is 10.5. The van der Waals surface area contributed by atoms with E-state index < -0.39 is 4.92 Å². The highest BCUT2D eigenvalue weighted by Gasteiger charge is 2.25. The summed E-state index contributed by atoms with van der Waals surface area (Å²) in [5, 5.41) is 13.6. The van der Waals surface area contributed by atoms with E-state index >= 15 is 0 Å². The number of amides is 1. The Bertz CT molecular complexity index is 655. The predicted molar refractivity (Wildman–Crippen MR) is 80.5 cm³/mol. The van der Waals surface area contributed by atoms with Gasteiger partial charge in [0.2, 0.25) is 0 Å². The van der Waals surface area contributed by atoms with Crippen LogP contribution in [-0.2, 0) is 11.3 Å². The van der Waals surface area contributed by atoms with Crippen LogP contribution in [0.5, 0.6) is 0 Å². The van der Waals surface area contributed by atoms with Gasteiger partial charge >= 0.3 is 0 Å². The van der Waals surface area contributed by atoms with Crippen LogP contribution < -0.4 is 10.2 Å². The molecule has 0 aliphatic heterocycles. The maximum Gasteiger partial charge on any atom is 0.292 e. The minimum absolute atomic E-state index is 0.119. The molecule has 2 N–H and O–H groups in total. The molecule has 116 valence electrons. The number of hydrogen-bond acceptors (Lipinski definition) is 4. The van der Waals surface area contributed by atoms with E-state index in [1.165, 1.54) is 12.1 Å². The molecule has 1 aromatic carbocycles. The van der Waals surface area contributed by atoms with E-state index in [1.807, 2.05) is 13.1 Å². The molecule has 0 aliphatic rings. The number of nitro benzene ring substituents is 1. The van der Waals surface area contributed by atoms with Crippen molar-refractivity contribution in [2.24, 2.45) is 0 Å². The van der Waals surface area contributed by atoms with E-state index in [0.29, 0.717) is 6.54 Å². The van der Waals surface area contributed by atoms with E-state index in [1.54, 1.807) is 31.4 Å². The van der Waals surface area contributed by atoms with Gasteiger partial charge in [0.15, 0.2) is 11.8 Å². The van der Waals surface area contributed by atoms with Crippen LogP contribution in [0.2, 0.25) is 0 Å². The molecule has 7 heteroatoms. The standard InChI is InChI=1S/C15H17N3O4/c1-11(17(2)10-12-6-5-9-22-12)15(19)16-13-7-3-4-8-14(13)18(20)21/h3-9,11H,10H2,1-2H3,(H,16,19)/p+1/t11-/m0/s1. The van der Waals surface area contributed by atoms with Gasteiger partial charge in [-0.3, -0.25) is 14.9 Å². The number of rotatable bonds is 6. The molecule has 0 radical (unpaired) electrons. The monoisotopic (exact) mass is 304 g/mol. The largest absolute Gasteiger partial charge is 0.463 e. The van der Waals surface area contributed by atoms with Crippen molar-refractivity contribution in [3.8, 4) is 0 Å². The van der Waals surface area contributed by atoms with Crippen LogP contribution in [0.15, 0.2) is 47.1 Å². The third-order valence-electron chi connectivity index (χ3n) is 3.52. The maximum atomic E-state index is 12.3. The van der Waals surface area contributed by atoms with Gasteiger partial charge in [-0.05, 0) is 25.1 Å². The molecule has 0 bridgehead atoms. The van der Waals surface area contributed by atoms with E-state index in [2.05, 4.69) is 5.32 Å². The van der Waals surface area contributed by atoms with Crippen molar-refractivity contribution in [2.75, 3.05) is 12.4 Å². The molecular formula is C15H18N3O4+. The summed E-state index contributed by atoms with van der Waals surface area (Å²) in [7, 11) is 1.87. The predicted octanol–water partition coefficient (Wildman–Crippen LogP) is 1.23. The molecule has 1 unspecified atom stereocenters. The zero-order valence-electron chi connectivity index (χ0n) is 12.4. The molecule has 2 rings (SSSR count). The second-order valence-electron chi connectivity index (χ2n) is 5.09. The Balaban J connectivity index is 2.04. The van der Waals surface area contributed by atoms with E-state index in [9.17, 15) is 14.9 Å². The van der Waals surface area contributed by atoms with Crippen molar-refractivity contribution in [2.45, 2.75) is 19.5 Å². The van der Waals surface area contributed by atoms with E-state index in [-0.39, 0.29) is 23.3 Å². The molecule has 0 spiro atoms. The first-order valence-corrected chi connectivity index (χ1v) is 6.88. The SMILES string of the molecule is C[C@@H](C(=O)Nc1ccccc1[N+](=O)[O-])[NH+](C)Cc1ccco1. The van der Waals surface area contributed by atoms with Gasteiger partial charge in [-0.15, -0.1) is 0 Å². The van der Waals surface area contributed by atoms with Crippen molar-refractivity contribution in [3.63, 3.8) is 0 Å². The number of carbonyl (C=O) groups excluding carboxylic acids is 1. The summed E-state index contributed by atoms with van der Waals surface area (Å²) >= 11 is 0. The van der Waals surface area contributed by atoms with Crippen LogP contribution in [0, 0.1) is 10.1 Å². The van der Waals surface area contributed by atoms with Crippen molar-refractivity contribution < 1.29 is 19.0 Å². The van der Waals surface area contributed by atoms with Crippen LogP contribution in [0.4, 0.5) is 11.4 Å². The second kappa shape index (κ2) is 6.86. The van der Waals surface area contributed by atoms with Crippen molar-refractivity contribution in [1.82, 2.24) is 0 Å². The Labute approximate surface area is 127 Å². The minimum atomic E-state index is -0.514. The lowest BCUT2D eigenvalue weighted by Gasteiger charge is -2.20. The van der Waals surface area contributed by atoms with Crippen molar-refractivity contribution >= 4 is 17.3 Å². The second-order valence-corrected chi connectivity index (χ2v) is 5.09. The van der Waals surface area contributed by atoms with Gasteiger partial charge in [0.25, 0.3) is 11.6 Å². The smallest absolute Gasteiger partial charge is 0.292 e. The number of anilines is 1. The lowest BCUT2D eigenvalue weighted by molar-refractivity contribution is -0.908. The van der Waals surface area contributed by atoms with Crippen LogP contribution in [0.3, 0.4) is 0 Å². The summed E-state index contributed by atoms with van der Waals surface area (Å²) in [5.41, 5.74) is 0.0851. The van der Waals surface area contributed by atoms with Gasteiger partial charge < -0.3 is 14.6 Å². The van der Waals surface area contributed by atoms with Gasteiger partial charge in [0, 0.05) is 6.07 Å². The van der Waals surface area contributed by atoms with Crippen LogP contribution in [0.1, 0.15) is 12.7 Å². The fraction of sp³-hybridized carbons (Fsp3) is 0.267. The third-order valence-corrected chi connectivity index (χ3v) is 3.52. The lowest BCUT2D eigenvalue weighted by atomic mass is 10.2. The van der Waals surface area contributed by atoms with Crippen LogP contribution in [-0.4, -0.2) is 23.9 Å². The van der Waals surface area contributed by atoms with E-state index in [4.69, 9.17) is 4.42 Å². The molecule has 22 heavy (non-hydrogen) atoms. The third kappa shape index (κ3) is 3.70. The number of carbonyl (C=O) groups is 1. The Morgan fingerprint density at radius 1 is 1.36 bits per heavy atom. The zero-order chi connectivity index (χ0) is 16.1. The number of hydrogen-bond donors (Lipinski definition) is 2. The number of nitrogens with one attached hydrogen (secondary N) is 2. The molecule has 1 heterocycles. The van der Waals surface area contributed by atoms with Gasteiger partial charge in [-0.1, -0.05) is 12.1 Å². The summed E-state index contributed by atoms with van der Waals surface area (Å²) in [6, 6.07) is 9.34. The Morgan fingerprint density at radius 3 is 2.73 bits per heavy atom. The van der Waals surface area contributed by atoms with Crippen LogP contribution >= 0.6 is 0 Å². The first-order valence-electron chi connectivity index (χ1n) is 6.88. The molecule has 0 aliphatic carbocycles. The van der Waals surface area contributed by atoms with Gasteiger partial charge in [0.1, 0.15) is 12.2 Å². The minimum Gasteiger partial charge on any atom is -0.463 e. The fourth-order valence-corrected chi connectivity index (χ4v) is 2.04. The highest BCUT2D eigenvalue weighted by Crippen LogP contribution is 2.23. The molecule has 2 atom stereocenters. The highest BCUT2D eigenvalue weighted by molar-refractivity contribution is 5.95. The fourth-order valence-electron chi connectivity index (χ4n) is 2.04. The number of nitrogens with zero attached hydrogens (tertiary/aromatic N) is 1. The highest BCUT2D eigenvalue weighted by atomic mass is 16.6.